The molecule has 0 bridgehead atoms. The largest absolute Gasteiger partial charge is 0.396 e. The maximum atomic E-state index is 8.58. The summed E-state index contributed by atoms with van der Waals surface area (Å²) in [5.74, 6) is 0.260. The first-order valence-electron chi connectivity index (χ1n) is 5.24. The summed E-state index contributed by atoms with van der Waals surface area (Å²) in [5, 5.41) is 21.9. The van der Waals surface area contributed by atoms with Crippen molar-refractivity contribution < 1.29 is 5.11 Å². The van der Waals surface area contributed by atoms with Crippen molar-refractivity contribution in [3.63, 3.8) is 0 Å². The van der Waals surface area contributed by atoms with Crippen LogP contribution in [0.4, 0.5) is 0 Å². The second-order valence-electron chi connectivity index (χ2n) is 3.41. The summed E-state index contributed by atoms with van der Waals surface area (Å²) in [7, 11) is 0. The van der Waals surface area contributed by atoms with Crippen LogP contribution in [0.3, 0.4) is 0 Å². The van der Waals surface area contributed by atoms with E-state index in [1.54, 1.807) is 0 Å². The highest BCUT2D eigenvalue weighted by molar-refractivity contribution is 7.20. The number of nitrogens with one attached hydrogen (secondary N) is 3. The van der Waals surface area contributed by atoms with Gasteiger partial charge in [0, 0.05) is 19.7 Å². The van der Waals surface area contributed by atoms with Crippen LogP contribution in [0.15, 0.2) is 6.07 Å². The maximum absolute atomic E-state index is 8.58. The third kappa shape index (κ3) is 5.59. The minimum absolute atomic E-state index is 0.128. The molecule has 1 aromatic heterocycles. The highest BCUT2D eigenvalue weighted by atomic mass is 35.5. The monoisotopic (exact) mass is 295 g/mol. The van der Waals surface area contributed by atoms with Crippen molar-refractivity contribution in [2.75, 3.05) is 19.7 Å². The zero-order valence-electron chi connectivity index (χ0n) is 9.22. The maximum Gasteiger partial charge on any atom is 0.188 e. The molecule has 1 rings (SSSR count). The van der Waals surface area contributed by atoms with Crippen LogP contribution in [0.1, 0.15) is 12.0 Å². The van der Waals surface area contributed by atoms with E-state index in [-0.39, 0.29) is 12.6 Å². The Morgan fingerprint density at radius 1 is 1.35 bits per heavy atom. The van der Waals surface area contributed by atoms with Gasteiger partial charge in [-0.1, -0.05) is 23.2 Å². The second kappa shape index (κ2) is 7.76. The highest BCUT2D eigenvalue weighted by Gasteiger charge is 2.05. The molecule has 0 aliphatic heterocycles. The third-order valence-corrected chi connectivity index (χ3v) is 3.63. The first kappa shape index (κ1) is 14.6. The molecule has 0 radical (unpaired) electrons. The minimum atomic E-state index is 0.128. The van der Waals surface area contributed by atoms with Crippen LogP contribution in [-0.4, -0.2) is 30.8 Å². The van der Waals surface area contributed by atoms with Crippen molar-refractivity contribution in [3.05, 3.63) is 20.3 Å². The van der Waals surface area contributed by atoms with Crippen LogP contribution in [0.2, 0.25) is 8.67 Å². The Morgan fingerprint density at radius 3 is 2.65 bits per heavy atom. The lowest BCUT2D eigenvalue weighted by molar-refractivity contribution is 0.289. The Balaban J connectivity index is 2.19. The van der Waals surface area contributed by atoms with Crippen molar-refractivity contribution in [2.24, 2.45) is 0 Å². The summed E-state index contributed by atoms with van der Waals surface area (Å²) in [5.41, 5.74) is 0.998. The Hall–Kier alpha value is -0.490. The molecule has 0 fully saturated rings. The van der Waals surface area contributed by atoms with E-state index < -0.39 is 0 Å². The highest BCUT2D eigenvalue weighted by Crippen LogP contribution is 2.31. The summed E-state index contributed by atoms with van der Waals surface area (Å²) in [6, 6.07) is 1.85. The summed E-state index contributed by atoms with van der Waals surface area (Å²) in [4.78, 5) is 0. The van der Waals surface area contributed by atoms with E-state index in [0.29, 0.717) is 28.2 Å². The van der Waals surface area contributed by atoms with Gasteiger partial charge in [-0.2, -0.15) is 0 Å². The van der Waals surface area contributed by atoms with Gasteiger partial charge < -0.3 is 15.7 Å². The smallest absolute Gasteiger partial charge is 0.188 e. The number of hydrogen-bond acceptors (Lipinski definition) is 3. The molecule has 0 spiro atoms. The molecule has 0 aliphatic rings. The van der Waals surface area contributed by atoms with Crippen molar-refractivity contribution in [1.29, 1.82) is 5.41 Å². The van der Waals surface area contributed by atoms with Gasteiger partial charge in [-0.3, -0.25) is 5.41 Å². The van der Waals surface area contributed by atoms with Gasteiger partial charge in [-0.05, 0) is 24.5 Å². The Labute approximate surface area is 114 Å². The quantitative estimate of drug-likeness (QED) is 0.369. The van der Waals surface area contributed by atoms with Gasteiger partial charge in [0.2, 0.25) is 0 Å². The molecular weight excluding hydrogens is 281 g/mol. The van der Waals surface area contributed by atoms with Crippen LogP contribution in [-0.2, 0) is 6.42 Å². The number of guanidine groups is 1. The Kier molecular flexibility index (Phi) is 6.65. The standard InChI is InChI=1S/C10H15Cl2N3OS/c11-8-6-7(9(12)17-8)2-4-15-10(13)14-3-1-5-16/h6,16H,1-5H2,(H3,13,14,15). The van der Waals surface area contributed by atoms with Crippen LogP contribution in [0.5, 0.6) is 0 Å². The van der Waals surface area contributed by atoms with Crippen molar-refractivity contribution in [2.45, 2.75) is 12.8 Å². The molecule has 0 atom stereocenters. The fraction of sp³-hybridized carbons (Fsp3) is 0.500. The van der Waals surface area contributed by atoms with Crippen LogP contribution >= 0.6 is 34.5 Å². The Bertz CT molecular complexity index is 370. The topological polar surface area (TPSA) is 68.1 Å². The number of rotatable bonds is 6. The molecule has 0 aromatic carbocycles. The fourth-order valence-electron chi connectivity index (χ4n) is 1.22. The lowest BCUT2D eigenvalue weighted by atomic mass is 10.2. The van der Waals surface area contributed by atoms with E-state index in [4.69, 9.17) is 33.7 Å². The molecule has 0 unspecified atom stereocenters. The van der Waals surface area contributed by atoms with Crippen molar-refractivity contribution >= 4 is 40.5 Å². The summed E-state index contributed by atoms with van der Waals surface area (Å²) in [6.07, 6.45) is 1.36. The molecular formula is C10H15Cl2N3OS. The molecule has 0 saturated carbocycles. The number of halogens is 2. The van der Waals surface area contributed by atoms with E-state index in [2.05, 4.69) is 10.6 Å². The second-order valence-corrected chi connectivity index (χ2v) is 5.69. The molecule has 1 heterocycles. The van der Waals surface area contributed by atoms with Gasteiger partial charge in [0.1, 0.15) is 0 Å². The van der Waals surface area contributed by atoms with Gasteiger partial charge >= 0.3 is 0 Å². The average molecular weight is 296 g/mol. The predicted molar refractivity (Wildman–Crippen MR) is 73.5 cm³/mol. The van der Waals surface area contributed by atoms with Gasteiger partial charge in [0.25, 0.3) is 0 Å². The van der Waals surface area contributed by atoms with Crippen molar-refractivity contribution in [1.82, 2.24) is 10.6 Å². The summed E-state index contributed by atoms with van der Waals surface area (Å²) < 4.78 is 1.39. The van der Waals surface area contributed by atoms with E-state index in [1.807, 2.05) is 6.07 Å². The van der Waals surface area contributed by atoms with Crippen molar-refractivity contribution in [3.8, 4) is 0 Å². The Morgan fingerprint density at radius 2 is 2.06 bits per heavy atom. The lowest BCUT2D eigenvalue weighted by Gasteiger charge is -2.09. The molecule has 0 aliphatic carbocycles. The van der Waals surface area contributed by atoms with Gasteiger partial charge in [0.05, 0.1) is 8.67 Å². The molecule has 7 heteroatoms. The lowest BCUT2D eigenvalue weighted by Crippen LogP contribution is -2.38. The molecule has 96 valence electrons. The van der Waals surface area contributed by atoms with Gasteiger partial charge in [0.15, 0.2) is 5.96 Å². The predicted octanol–water partition coefficient (Wildman–Crippen LogP) is 2.09. The molecule has 0 saturated heterocycles. The first-order valence-corrected chi connectivity index (χ1v) is 6.81. The van der Waals surface area contributed by atoms with E-state index in [9.17, 15) is 0 Å². The minimum Gasteiger partial charge on any atom is -0.396 e. The van der Waals surface area contributed by atoms with Crippen LogP contribution < -0.4 is 10.6 Å². The molecule has 1 aromatic rings. The zero-order chi connectivity index (χ0) is 12.7. The SMILES string of the molecule is N=C(NCCCO)NCCc1cc(Cl)sc1Cl. The van der Waals surface area contributed by atoms with Gasteiger partial charge in [-0.15, -0.1) is 11.3 Å². The average Bonchev–Trinajstić information content (AvgIpc) is 2.58. The van der Waals surface area contributed by atoms with Gasteiger partial charge in [-0.25, -0.2) is 0 Å². The molecule has 17 heavy (non-hydrogen) atoms. The summed E-state index contributed by atoms with van der Waals surface area (Å²) >= 11 is 13.1. The zero-order valence-corrected chi connectivity index (χ0v) is 11.6. The van der Waals surface area contributed by atoms with Crippen LogP contribution in [0, 0.1) is 5.41 Å². The number of aliphatic hydroxyl groups excluding tert-OH is 1. The third-order valence-electron chi connectivity index (χ3n) is 2.06. The van der Waals surface area contributed by atoms with E-state index >= 15 is 0 Å². The summed E-state index contributed by atoms with van der Waals surface area (Å²) in [6.45, 7) is 1.34. The fourth-order valence-corrected chi connectivity index (χ4v) is 2.77. The van der Waals surface area contributed by atoms with E-state index in [0.717, 1.165) is 12.0 Å². The number of thiophene rings is 1. The number of aliphatic hydroxyl groups is 1. The molecule has 0 amide bonds. The van der Waals surface area contributed by atoms with E-state index in [1.165, 1.54) is 11.3 Å². The van der Waals surface area contributed by atoms with Crippen LogP contribution in [0.25, 0.3) is 0 Å². The first-order chi connectivity index (χ1) is 8.13. The molecule has 4 nitrogen and oxygen atoms in total. The number of hydrogen-bond donors (Lipinski definition) is 4. The normalized spacial score (nSPS) is 10.3. The molecule has 4 N–H and O–H groups in total.